The lowest BCUT2D eigenvalue weighted by atomic mass is 10.1. The molecule has 1 N–H and O–H groups in total. The van der Waals surface area contributed by atoms with E-state index in [1.165, 1.54) is 11.8 Å². The van der Waals surface area contributed by atoms with Crippen LogP contribution in [-0.2, 0) is 4.79 Å². The molecule has 0 spiro atoms. The molecule has 8 heteroatoms. The van der Waals surface area contributed by atoms with Crippen molar-refractivity contribution in [2.24, 2.45) is 0 Å². The van der Waals surface area contributed by atoms with Crippen molar-refractivity contribution in [3.05, 3.63) is 23.2 Å². The first kappa shape index (κ1) is 14.3. The largest absolute Gasteiger partial charge is 0.496 e. The van der Waals surface area contributed by atoms with Crippen LogP contribution in [0.5, 0.6) is 5.75 Å². The molecular formula is C12H13ClN4O3. The predicted molar refractivity (Wildman–Crippen MR) is 71.8 cm³/mol. The zero-order chi connectivity index (χ0) is 14.7. The average Bonchev–Trinajstić information content (AvgIpc) is 2.87. The van der Waals surface area contributed by atoms with Gasteiger partial charge in [0.15, 0.2) is 5.82 Å². The van der Waals surface area contributed by atoms with Crippen LogP contribution in [0.25, 0.3) is 11.4 Å². The maximum atomic E-state index is 10.8. The van der Waals surface area contributed by atoms with Gasteiger partial charge >= 0.3 is 5.97 Å². The predicted octanol–water partition coefficient (Wildman–Crippen LogP) is 2.04. The van der Waals surface area contributed by atoms with Crippen LogP contribution in [-0.4, -0.2) is 38.4 Å². The Bertz CT molecular complexity index is 629. The van der Waals surface area contributed by atoms with Gasteiger partial charge in [-0.1, -0.05) is 11.6 Å². The second kappa shape index (κ2) is 5.87. The van der Waals surface area contributed by atoms with Crippen LogP contribution in [0.3, 0.4) is 0 Å². The number of carboxylic acid groups (broad SMARTS) is 1. The SMILES string of the molecule is COc1ccc(Cl)cc1-c1nnnn1C(C)CC(=O)O. The molecule has 0 saturated heterocycles. The van der Waals surface area contributed by atoms with Crippen molar-refractivity contribution in [3.8, 4) is 17.1 Å². The summed E-state index contributed by atoms with van der Waals surface area (Å²) >= 11 is 5.98. The highest BCUT2D eigenvalue weighted by atomic mass is 35.5. The first-order valence-electron chi connectivity index (χ1n) is 5.86. The summed E-state index contributed by atoms with van der Waals surface area (Å²) in [4.78, 5) is 10.8. The average molecular weight is 297 g/mol. The van der Waals surface area contributed by atoms with Gasteiger partial charge in [0.2, 0.25) is 0 Å². The fourth-order valence-electron chi connectivity index (χ4n) is 1.86. The minimum atomic E-state index is -0.919. The van der Waals surface area contributed by atoms with Crippen LogP contribution in [0, 0.1) is 0 Å². The van der Waals surface area contributed by atoms with E-state index in [9.17, 15) is 4.79 Å². The van der Waals surface area contributed by atoms with Crippen molar-refractivity contribution < 1.29 is 14.6 Å². The second-order valence-corrected chi connectivity index (χ2v) is 4.67. The summed E-state index contributed by atoms with van der Waals surface area (Å²) in [6, 6.07) is 4.69. The van der Waals surface area contributed by atoms with E-state index in [-0.39, 0.29) is 12.5 Å². The van der Waals surface area contributed by atoms with Crippen LogP contribution in [0.1, 0.15) is 19.4 Å². The molecule has 0 radical (unpaired) electrons. The Kier molecular flexibility index (Phi) is 4.19. The summed E-state index contributed by atoms with van der Waals surface area (Å²) < 4.78 is 6.70. The molecule has 20 heavy (non-hydrogen) atoms. The van der Waals surface area contributed by atoms with E-state index in [2.05, 4.69) is 15.5 Å². The molecule has 0 saturated carbocycles. The Morgan fingerprint density at radius 3 is 2.95 bits per heavy atom. The second-order valence-electron chi connectivity index (χ2n) is 4.24. The van der Waals surface area contributed by atoms with Gasteiger partial charge in [-0.25, -0.2) is 4.68 Å². The number of aliphatic carboxylic acids is 1. The zero-order valence-corrected chi connectivity index (χ0v) is 11.7. The Labute approximate surface area is 120 Å². The minimum absolute atomic E-state index is 0.0824. The van der Waals surface area contributed by atoms with Crippen molar-refractivity contribution in [2.45, 2.75) is 19.4 Å². The molecule has 0 aliphatic heterocycles. The number of aromatic nitrogens is 4. The number of nitrogens with zero attached hydrogens (tertiary/aromatic N) is 4. The van der Waals surface area contributed by atoms with Crippen molar-refractivity contribution >= 4 is 17.6 Å². The fraction of sp³-hybridized carbons (Fsp3) is 0.333. The highest BCUT2D eigenvalue weighted by molar-refractivity contribution is 6.30. The first-order valence-corrected chi connectivity index (χ1v) is 6.24. The number of carbonyl (C=O) groups is 1. The minimum Gasteiger partial charge on any atom is -0.496 e. The Hall–Kier alpha value is -2.15. The molecule has 0 aliphatic carbocycles. The first-order chi connectivity index (χ1) is 9.52. The summed E-state index contributed by atoms with van der Waals surface area (Å²) in [7, 11) is 1.53. The van der Waals surface area contributed by atoms with E-state index < -0.39 is 5.97 Å². The third kappa shape index (κ3) is 2.88. The summed E-state index contributed by atoms with van der Waals surface area (Å²) in [6.07, 6.45) is -0.0824. The molecule has 1 unspecified atom stereocenters. The van der Waals surface area contributed by atoms with Crippen LogP contribution in [0.4, 0.5) is 0 Å². The zero-order valence-electron chi connectivity index (χ0n) is 10.9. The van der Waals surface area contributed by atoms with Crippen LogP contribution >= 0.6 is 11.6 Å². The van der Waals surface area contributed by atoms with Gasteiger partial charge in [0.1, 0.15) is 5.75 Å². The van der Waals surface area contributed by atoms with E-state index >= 15 is 0 Å². The van der Waals surface area contributed by atoms with Gasteiger partial charge in [-0.3, -0.25) is 4.79 Å². The number of methoxy groups -OCH3 is 1. The summed E-state index contributed by atoms with van der Waals surface area (Å²) in [5.41, 5.74) is 0.613. The molecule has 0 fully saturated rings. The van der Waals surface area contributed by atoms with E-state index in [4.69, 9.17) is 21.4 Å². The third-order valence-corrected chi connectivity index (χ3v) is 3.02. The maximum Gasteiger partial charge on any atom is 0.305 e. The van der Waals surface area contributed by atoms with Gasteiger partial charge in [-0.15, -0.1) is 5.10 Å². The molecule has 0 bridgehead atoms. The van der Waals surface area contributed by atoms with E-state index in [1.807, 2.05) is 0 Å². The lowest BCUT2D eigenvalue weighted by molar-refractivity contribution is -0.137. The molecule has 0 aliphatic rings. The van der Waals surface area contributed by atoms with Crippen molar-refractivity contribution in [3.63, 3.8) is 0 Å². The number of rotatable bonds is 5. The molecule has 7 nitrogen and oxygen atoms in total. The Balaban J connectivity index is 2.46. The quantitative estimate of drug-likeness (QED) is 0.908. The molecule has 2 rings (SSSR count). The van der Waals surface area contributed by atoms with Gasteiger partial charge in [0, 0.05) is 5.02 Å². The number of halogens is 1. The molecule has 106 valence electrons. The molecular weight excluding hydrogens is 284 g/mol. The van der Waals surface area contributed by atoms with Crippen LogP contribution in [0.2, 0.25) is 5.02 Å². The highest BCUT2D eigenvalue weighted by Crippen LogP contribution is 2.32. The van der Waals surface area contributed by atoms with E-state index in [0.717, 1.165) is 0 Å². The number of hydrogen-bond acceptors (Lipinski definition) is 5. The molecule has 1 heterocycles. The number of hydrogen-bond donors (Lipinski definition) is 1. The smallest absolute Gasteiger partial charge is 0.305 e. The number of carboxylic acids is 1. The van der Waals surface area contributed by atoms with E-state index in [1.54, 1.807) is 25.1 Å². The molecule has 0 amide bonds. The van der Waals surface area contributed by atoms with Crippen LogP contribution in [0.15, 0.2) is 18.2 Å². The van der Waals surface area contributed by atoms with Crippen LogP contribution < -0.4 is 4.74 Å². The monoisotopic (exact) mass is 296 g/mol. The van der Waals surface area contributed by atoms with Crippen molar-refractivity contribution in [1.82, 2.24) is 20.2 Å². The lowest BCUT2D eigenvalue weighted by Gasteiger charge is -2.13. The Morgan fingerprint density at radius 2 is 2.30 bits per heavy atom. The summed E-state index contributed by atoms with van der Waals surface area (Å²) in [5.74, 6) is 0.0584. The summed E-state index contributed by atoms with van der Waals surface area (Å²) in [6.45, 7) is 1.73. The van der Waals surface area contributed by atoms with Gasteiger partial charge in [-0.2, -0.15) is 0 Å². The van der Waals surface area contributed by atoms with Gasteiger partial charge in [-0.05, 0) is 35.5 Å². The van der Waals surface area contributed by atoms with Gasteiger partial charge in [0.05, 0.1) is 25.1 Å². The maximum absolute atomic E-state index is 10.8. The van der Waals surface area contributed by atoms with Gasteiger partial charge in [0.25, 0.3) is 0 Å². The lowest BCUT2D eigenvalue weighted by Crippen LogP contribution is -2.13. The number of benzene rings is 1. The molecule has 1 atom stereocenters. The number of tetrazole rings is 1. The standard InChI is InChI=1S/C12H13ClN4O3/c1-7(5-11(18)19)17-12(14-15-16-17)9-6-8(13)3-4-10(9)20-2/h3-4,6-7H,5H2,1-2H3,(H,18,19). The Morgan fingerprint density at radius 1 is 1.55 bits per heavy atom. The van der Waals surface area contributed by atoms with E-state index in [0.29, 0.717) is 22.2 Å². The van der Waals surface area contributed by atoms with Gasteiger partial charge < -0.3 is 9.84 Å². The molecule has 1 aromatic heterocycles. The highest BCUT2D eigenvalue weighted by Gasteiger charge is 2.20. The van der Waals surface area contributed by atoms with Crippen molar-refractivity contribution in [2.75, 3.05) is 7.11 Å². The summed E-state index contributed by atoms with van der Waals surface area (Å²) in [5, 5.41) is 20.8. The third-order valence-electron chi connectivity index (χ3n) is 2.78. The fourth-order valence-corrected chi connectivity index (χ4v) is 2.03. The molecule has 2 aromatic rings. The number of ether oxygens (including phenoxy) is 1. The topological polar surface area (TPSA) is 90.1 Å². The molecule has 1 aromatic carbocycles. The normalized spacial score (nSPS) is 12.2. The van der Waals surface area contributed by atoms with Crippen molar-refractivity contribution in [1.29, 1.82) is 0 Å².